The topological polar surface area (TPSA) is 21.3 Å². The zero-order chi connectivity index (χ0) is 9.97. The van der Waals surface area contributed by atoms with Crippen LogP contribution >= 0.6 is 11.3 Å². The van der Waals surface area contributed by atoms with Gasteiger partial charge in [0, 0.05) is 16.6 Å². The van der Waals surface area contributed by atoms with Crippen molar-refractivity contribution in [3.8, 4) is 5.75 Å². The van der Waals surface area contributed by atoms with Crippen LogP contribution in [0.5, 0.6) is 5.75 Å². The number of nitrogens with one attached hydrogen (secondary N) is 1. The first-order valence-corrected chi connectivity index (χ1v) is 5.42. The van der Waals surface area contributed by atoms with Gasteiger partial charge in [-0.15, -0.1) is 11.3 Å². The maximum atomic E-state index is 5.21. The molecule has 1 heterocycles. The van der Waals surface area contributed by atoms with Crippen LogP contribution in [0.15, 0.2) is 23.6 Å². The Morgan fingerprint density at radius 2 is 2.29 bits per heavy atom. The van der Waals surface area contributed by atoms with Gasteiger partial charge in [-0.25, -0.2) is 0 Å². The molecule has 0 spiro atoms. The highest BCUT2D eigenvalue weighted by atomic mass is 32.1. The largest absolute Gasteiger partial charge is 0.497 e. The maximum absolute atomic E-state index is 5.21. The van der Waals surface area contributed by atoms with Gasteiger partial charge in [-0.3, -0.25) is 0 Å². The molecule has 0 fully saturated rings. The molecule has 0 unspecified atom stereocenters. The third-order valence-electron chi connectivity index (χ3n) is 2.23. The van der Waals surface area contributed by atoms with Crippen molar-refractivity contribution in [3.05, 3.63) is 29.1 Å². The number of rotatable bonds is 3. The summed E-state index contributed by atoms with van der Waals surface area (Å²) in [5, 5.41) is 6.66. The van der Waals surface area contributed by atoms with Crippen molar-refractivity contribution < 1.29 is 4.74 Å². The quantitative estimate of drug-likeness (QED) is 0.835. The SMILES string of the molecule is CNCc1csc2ccc(OC)cc12. The number of methoxy groups -OCH3 is 1. The Morgan fingerprint density at radius 1 is 1.43 bits per heavy atom. The van der Waals surface area contributed by atoms with E-state index in [1.807, 2.05) is 13.1 Å². The van der Waals surface area contributed by atoms with Gasteiger partial charge in [-0.1, -0.05) is 0 Å². The van der Waals surface area contributed by atoms with Crippen LogP contribution in [-0.4, -0.2) is 14.2 Å². The lowest BCUT2D eigenvalue weighted by molar-refractivity contribution is 0.415. The smallest absolute Gasteiger partial charge is 0.119 e. The standard InChI is InChI=1S/C11H13NOS/c1-12-6-8-7-14-11-4-3-9(13-2)5-10(8)11/h3-5,7,12H,6H2,1-2H3. The van der Waals surface area contributed by atoms with Crippen molar-refractivity contribution >= 4 is 21.4 Å². The fourth-order valence-electron chi connectivity index (χ4n) is 1.52. The van der Waals surface area contributed by atoms with E-state index >= 15 is 0 Å². The molecule has 1 aromatic carbocycles. The van der Waals surface area contributed by atoms with Gasteiger partial charge in [-0.2, -0.15) is 0 Å². The Bertz CT molecular complexity index is 436. The van der Waals surface area contributed by atoms with Crippen molar-refractivity contribution in [3.63, 3.8) is 0 Å². The van der Waals surface area contributed by atoms with E-state index in [2.05, 4.69) is 22.8 Å². The molecule has 2 rings (SSSR count). The summed E-state index contributed by atoms with van der Waals surface area (Å²) in [5.41, 5.74) is 1.34. The van der Waals surface area contributed by atoms with E-state index in [0.717, 1.165) is 12.3 Å². The summed E-state index contributed by atoms with van der Waals surface area (Å²) in [6.07, 6.45) is 0. The highest BCUT2D eigenvalue weighted by Crippen LogP contribution is 2.29. The summed E-state index contributed by atoms with van der Waals surface area (Å²) < 4.78 is 6.52. The molecule has 0 bridgehead atoms. The predicted octanol–water partition coefficient (Wildman–Crippen LogP) is 2.63. The summed E-state index contributed by atoms with van der Waals surface area (Å²) in [4.78, 5) is 0. The predicted molar refractivity (Wildman–Crippen MR) is 61.1 cm³/mol. The van der Waals surface area contributed by atoms with E-state index in [9.17, 15) is 0 Å². The van der Waals surface area contributed by atoms with Gasteiger partial charge in [0.1, 0.15) is 5.75 Å². The minimum absolute atomic E-state index is 0.910. The Kier molecular flexibility index (Phi) is 2.70. The molecule has 0 amide bonds. The average Bonchev–Trinajstić information content (AvgIpc) is 2.61. The minimum Gasteiger partial charge on any atom is -0.497 e. The molecular weight excluding hydrogens is 194 g/mol. The van der Waals surface area contributed by atoms with Crippen LogP contribution in [0.1, 0.15) is 5.56 Å². The zero-order valence-corrected chi connectivity index (χ0v) is 9.15. The van der Waals surface area contributed by atoms with E-state index in [0.29, 0.717) is 0 Å². The van der Waals surface area contributed by atoms with Crippen molar-refractivity contribution in [2.24, 2.45) is 0 Å². The molecule has 74 valence electrons. The second kappa shape index (κ2) is 3.98. The van der Waals surface area contributed by atoms with Crippen molar-refractivity contribution in [2.75, 3.05) is 14.2 Å². The van der Waals surface area contributed by atoms with Crippen LogP contribution in [0.3, 0.4) is 0 Å². The van der Waals surface area contributed by atoms with Gasteiger partial charge in [0.05, 0.1) is 7.11 Å². The van der Waals surface area contributed by atoms with Crippen LogP contribution in [0.25, 0.3) is 10.1 Å². The normalized spacial score (nSPS) is 10.7. The summed E-state index contributed by atoms with van der Waals surface area (Å²) in [6.45, 7) is 0.910. The molecular formula is C11H13NOS. The highest BCUT2D eigenvalue weighted by molar-refractivity contribution is 7.17. The zero-order valence-electron chi connectivity index (χ0n) is 8.33. The molecule has 0 saturated carbocycles. The first kappa shape index (κ1) is 9.49. The Hall–Kier alpha value is -1.06. The molecule has 1 N–H and O–H groups in total. The van der Waals surface area contributed by atoms with E-state index < -0.39 is 0 Å². The first-order valence-electron chi connectivity index (χ1n) is 4.54. The Labute approximate surface area is 87.5 Å². The van der Waals surface area contributed by atoms with Crippen molar-refractivity contribution in [1.29, 1.82) is 0 Å². The lowest BCUT2D eigenvalue weighted by atomic mass is 10.1. The Balaban J connectivity index is 2.52. The third kappa shape index (κ3) is 1.61. The second-order valence-electron chi connectivity index (χ2n) is 3.15. The molecule has 0 radical (unpaired) electrons. The highest BCUT2D eigenvalue weighted by Gasteiger charge is 2.03. The van der Waals surface area contributed by atoms with Crippen LogP contribution in [0.2, 0.25) is 0 Å². The number of benzene rings is 1. The lowest BCUT2D eigenvalue weighted by Crippen LogP contribution is -2.03. The molecule has 0 saturated heterocycles. The summed E-state index contributed by atoms with van der Waals surface area (Å²) in [7, 11) is 3.66. The van der Waals surface area contributed by atoms with Gasteiger partial charge < -0.3 is 10.1 Å². The molecule has 2 nitrogen and oxygen atoms in total. The summed E-state index contributed by atoms with van der Waals surface area (Å²) >= 11 is 1.78. The minimum atomic E-state index is 0.910. The number of thiophene rings is 1. The van der Waals surface area contributed by atoms with Crippen molar-refractivity contribution in [2.45, 2.75) is 6.54 Å². The van der Waals surface area contributed by atoms with Gasteiger partial charge >= 0.3 is 0 Å². The summed E-state index contributed by atoms with van der Waals surface area (Å²) in [5.74, 6) is 0.924. The monoisotopic (exact) mass is 207 g/mol. The van der Waals surface area contributed by atoms with Crippen LogP contribution in [0, 0.1) is 0 Å². The van der Waals surface area contributed by atoms with Gasteiger partial charge in [0.25, 0.3) is 0 Å². The average molecular weight is 207 g/mol. The molecule has 0 aliphatic heterocycles. The number of fused-ring (bicyclic) bond motifs is 1. The van der Waals surface area contributed by atoms with E-state index in [1.54, 1.807) is 18.4 Å². The molecule has 14 heavy (non-hydrogen) atoms. The molecule has 2 aromatic rings. The fraction of sp³-hybridized carbons (Fsp3) is 0.273. The van der Waals surface area contributed by atoms with Crippen LogP contribution < -0.4 is 10.1 Å². The maximum Gasteiger partial charge on any atom is 0.119 e. The van der Waals surface area contributed by atoms with Gasteiger partial charge in [0.15, 0.2) is 0 Å². The number of ether oxygens (including phenoxy) is 1. The molecule has 1 aromatic heterocycles. The summed E-state index contributed by atoms with van der Waals surface area (Å²) in [6, 6.07) is 6.21. The van der Waals surface area contributed by atoms with Gasteiger partial charge in [-0.05, 0) is 36.2 Å². The van der Waals surface area contributed by atoms with Crippen LogP contribution in [-0.2, 0) is 6.54 Å². The number of hydrogen-bond acceptors (Lipinski definition) is 3. The Morgan fingerprint density at radius 3 is 3.00 bits per heavy atom. The van der Waals surface area contributed by atoms with E-state index in [1.165, 1.54) is 15.6 Å². The van der Waals surface area contributed by atoms with E-state index in [-0.39, 0.29) is 0 Å². The van der Waals surface area contributed by atoms with Crippen molar-refractivity contribution in [1.82, 2.24) is 5.32 Å². The molecule has 3 heteroatoms. The second-order valence-corrected chi connectivity index (χ2v) is 4.06. The molecule has 0 atom stereocenters. The molecule has 0 aliphatic rings. The lowest BCUT2D eigenvalue weighted by Gasteiger charge is -2.01. The fourth-order valence-corrected chi connectivity index (χ4v) is 2.46. The molecule has 0 aliphatic carbocycles. The van der Waals surface area contributed by atoms with Crippen LogP contribution in [0.4, 0.5) is 0 Å². The first-order chi connectivity index (χ1) is 6.85. The van der Waals surface area contributed by atoms with E-state index in [4.69, 9.17) is 4.74 Å². The third-order valence-corrected chi connectivity index (χ3v) is 3.24. The van der Waals surface area contributed by atoms with Gasteiger partial charge in [0.2, 0.25) is 0 Å². The number of hydrogen-bond donors (Lipinski definition) is 1.